The second-order valence-electron chi connectivity index (χ2n) is 5.70. The highest BCUT2D eigenvalue weighted by Crippen LogP contribution is 2.13. The molecule has 140 valence electrons. The van der Waals surface area contributed by atoms with Crippen LogP contribution in [0.25, 0.3) is 6.08 Å². The SMILES string of the molecule is COC(=O)c1ccc(/C=C/C(=O)N(C)CC(=O)Nc2ccc(Cl)cc2)cc1. The van der Waals surface area contributed by atoms with Gasteiger partial charge in [-0.3, -0.25) is 9.59 Å². The van der Waals surface area contributed by atoms with Gasteiger partial charge in [0.05, 0.1) is 19.2 Å². The van der Waals surface area contributed by atoms with Crippen LogP contribution in [0.2, 0.25) is 5.02 Å². The van der Waals surface area contributed by atoms with Crippen molar-refractivity contribution in [2.75, 3.05) is 26.0 Å². The number of benzene rings is 2. The number of methoxy groups -OCH3 is 1. The lowest BCUT2D eigenvalue weighted by atomic mass is 10.1. The van der Waals surface area contributed by atoms with Gasteiger partial charge >= 0.3 is 5.97 Å². The fourth-order valence-electron chi connectivity index (χ4n) is 2.17. The number of hydrogen-bond acceptors (Lipinski definition) is 4. The molecule has 2 aromatic carbocycles. The van der Waals surface area contributed by atoms with Crippen molar-refractivity contribution < 1.29 is 19.1 Å². The van der Waals surface area contributed by atoms with E-state index in [2.05, 4.69) is 10.1 Å². The van der Waals surface area contributed by atoms with Crippen molar-refractivity contribution in [1.82, 2.24) is 4.90 Å². The van der Waals surface area contributed by atoms with E-state index in [0.29, 0.717) is 16.3 Å². The molecule has 0 aromatic heterocycles. The number of halogens is 1. The topological polar surface area (TPSA) is 75.7 Å². The molecule has 0 unspecified atom stereocenters. The Morgan fingerprint density at radius 1 is 1.07 bits per heavy atom. The highest BCUT2D eigenvalue weighted by molar-refractivity contribution is 6.30. The lowest BCUT2D eigenvalue weighted by molar-refractivity contribution is -0.129. The van der Waals surface area contributed by atoms with Gasteiger partial charge in [0.1, 0.15) is 0 Å². The summed E-state index contributed by atoms with van der Waals surface area (Å²) in [7, 11) is 2.85. The van der Waals surface area contributed by atoms with Gasteiger partial charge < -0.3 is 15.0 Å². The summed E-state index contributed by atoms with van der Waals surface area (Å²) in [6.45, 7) is -0.0902. The van der Waals surface area contributed by atoms with Crippen LogP contribution in [0.5, 0.6) is 0 Å². The predicted octanol–water partition coefficient (Wildman–Crippen LogP) is 3.24. The van der Waals surface area contributed by atoms with E-state index in [1.54, 1.807) is 54.6 Å². The minimum Gasteiger partial charge on any atom is -0.465 e. The molecule has 0 bridgehead atoms. The third kappa shape index (κ3) is 6.27. The number of amides is 2. The third-order valence-electron chi connectivity index (χ3n) is 3.64. The Kier molecular flexibility index (Phi) is 7.14. The third-order valence-corrected chi connectivity index (χ3v) is 3.89. The molecule has 0 aliphatic carbocycles. The van der Waals surface area contributed by atoms with Crippen LogP contribution in [0, 0.1) is 0 Å². The normalized spacial score (nSPS) is 10.5. The van der Waals surface area contributed by atoms with E-state index < -0.39 is 5.97 Å². The molecule has 0 fully saturated rings. The van der Waals surface area contributed by atoms with Crippen molar-refractivity contribution in [3.8, 4) is 0 Å². The molecule has 0 spiro atoms. The Labute approximate surface area is 162 Å². The van der Waals surface area contributed by atoms with Gasteiger partial charge in [0.25, 0.3) is 0 Å². The number of rotatable bonds is 6. The molecule has 27 heavy (non-hydrogen) atoms. The first kappa shape index (κ1) is 20.2. The zero-order valence-electron chi connectivity index (χ0n) is 14.9. The van der Waals surface area contributed by atoms with Crippen molar-refractivity contribution in [3.05, 3.63) is 70.8 Å². The molecule has 0 saturated heterocycles. The standard InChI is InChI=1S/C20H19ClN2O4/c1-23(13-18(24)22-17-10-8-16(21)9-11-17)19(25)12-5-14-3-6-15(7-4-14)20(26)27-2/h3-12H,13H2,1-2H3,(H,22,24)/b12-5+. The molecular weight excluding hydrogens is 368 g/mol. The Bertz CT molecular complexity index is 845. The summed E-state index contributed by atoms with van der Waals surface area (Å²) >= 11 is 5.79. The van der Waals surface area contributed by atoms with Gasteiger partial charge in [0.15, 0.2) is 0 Å². The lowest BCUT2D eigenvalue weighted by Crippen LogP contribution is -2.33. The molecular formula is C20H19ClN2O4. The van der Waals surface area contributed by atoms with Gasteiger partial charge in [-0.1, -0.05) is 23.7 Å². The Balaban J connectivity index is 1.88. The van der Waals surface area contributed by atoms with Gasteiger partial charge in [0.2, 0.25) is 11.8 Å². The van der Waals surface area contributed by atoms with Crippen LogP contribution in [0.15, 0.2) is 54.6 Å². The summed E-state index contributed by atoms with van der Waals surface area (Å²) in [5.41, 5.74) is 1.78. The summed E-state index contributed by atoms with van der Waals surface area (Å²) in [4.78, 5) is 36.8. The maximum Gasteiger partial charge on any atom is 0.337 e. The maximum atomic E-state index is 12.1. The maximum absolute atomic E-state index is 12.1. The monoisotopic (exact) mass is 386 g/mol. The smallest absolute Gasteiger partial charge is 0.337 e. The first-order chi connectivity index (χ1) is 12.9. The summed E-state index contributed by atoms with van der Waals surface area (Å²) in [6, 6.07) is 13.3. The van der Waals surface area contributed by atoms with Gasteiger partial charge in [-0.05, 0) is 48.0 Å². The molecule has 0 heterocycles. The van der Waals surface area contributed by atoms with Crippen molar-refractivity contribution >= 4 is 41.1 Å². The number of likely N-dealkylation sites (N-methyl/N-ethyl adjacent to an activating group) is 1. The van der Waals surface area contributed by atoms with Crippen molar-refractivity contribution in [2.45, 2.75) is 0 Å². The second-order valence-corrected chi connectivity index (χ2v) is 6.13. The quantitative estimate of drug-likeness (QED) is 0.610. The minimum atomic E-state index is -0.423. The van der Waals surface area contributed by atoms with Crippen LogP contribution in [0.1, 0.15) is 15.9 Å². The van der Waals surface area contributed by atoms with E-state index >= 15 is 0 Å². The van der Waals surface area contributed by atoms with Crippen LogP contribution >= 0.6 is 11.6 Å². The number of ether oxygens (including phenoxy) is 1. The fraction of sp³-hybridized carbons (Fsp3) is 0.150. The fourth-order valence-corrected chi connectivity index (χ4v) is 2.30. The van der Waals surface area contributed by atoms with Crippen molar-refractivity contribution in [2.24, 2.45) is 0 Å². The molecule has 1 N–H and O–H groups in total. The number of hydrogen-bond donors (Lipinski definition) is 1. The molecule has 0 atom stereocenters. The Morgan fingerprint density at radius 2 is 1.70 bits per heavy atom. The number of carbonyl (C=O) groups is 3. The predicted molar refractivity (Wildman–Crippen MR) is 105 cm³/mol. The molecule has 0 aliphatic rings. The Morgan fingerprint density at radius 3 is 2.30 bits per heavy atom. The molecule has 0 saturated carbocycles. The first-order valence-corrected chi connectivity index (χ1v) is 8.44. The summed E-state index contributed by atoms with van der Waals surface area (Å²) < 4.78 is 4.63. The average molecular weight is 387 g/mol. The van der Waals surface area contributed by atoms with Gasteiger partial charge in [-0.25, -0.2) is 4.79 Å². The van der Waals surface area contributed by atoms with Crippen LogP contribution < -0.4 is 5.32 Å². The summed E-state index contributed by atoms with van der Waals surface area (Å²) in [6.07, 6.45) is 2.97. The van der Waals surface area contributed by atoms with Crippen LogP contribution in [-0.2, 0) is 14.3 Å². The number of anilines is 1. The van der Waals surface area contributed by atoms with Crippen LogP contribution in [0.4, 0.5) is 5.69 Å². The van der Waals surface area contributed by atoms with E-state index in [4.69, 9.17) is 11.6 Å². The highest BCUT2D eigenvalue weighted by Gasteiger charge is 2.11. The van der Waals surface area contributed by atoms with E-state index in [0.717, 1.165) is 5.56 Å². The first-order valence-electron chi connectivity index (χ1n) is 8.06. The van der Waals surface area contributed by atoms with E-state index in [1.807, 2.05) is 0 Å². The Hall–Kier alpha value is -3.12. The molecule has 6 nitrogen and oxygen atoms in total. The van der Waals surface area contributed by atoms with Gasteiger partial charge in [-0.2, -0.15) is 0 Å². The molecule has 2 amide bonds. The van der Waals surface area contributed by atoms with E-state index in [-0.39, 0.29) is 18.4 Å². The molecule has 0 radical (unpaired) electrons. The van der Waals surface area contributed by atoms with Gasteiger partial charge in [0, 0.05) is 23.8 Å². The number of nitrogens with zero attached hydrogens (tertiary/aromatic N) is 1. The summed E-state index contributed by atoms with van der Waals surface area (Å²) in [5.74, 6) is -1.06. The largest absolute Gasteiger partial charge is 0.465 e. The van der Waals surface area contributed by atoms with Gasteiger partial charge in [-0.15, -0.1) is 0 Å². The second kappa shape index (κ2) is 9.54. The van der Waals surface area contributed by atoms with Crippen molar-refractivity contribution in [1.29, 1.82) is 0 Å². The average Bonchev–Trinajstić information content (AvgIpc) is 2.67. The summed E-state index contributed by atoms with van der Waals surface area (Å²) in [5, 5.41) is 3.27. The molecule has 2 rings (SSSR count). The van der Waals surface area contributed by atoms with E-state index in [9.17, 15) is 14.4 Å². The molecule has 7 heteroatoms. The molecule has 2 aromatic rings. The minimum absolute atomic E-state index is 0.0902. The number of esters is 1. The van der Waals surface area contributed by atoms with Crippen LogP contribution in [-0.4, -0.2) is 43.4 Å². The molecule has 0 aliphatic heterocycles. The van der Waals surface area contributed by atoms with Crippen LogP contribution in [0.3, 0.4) is 0 Å². The van der Waals surface area contributed by atoms with Crippen molar-refractivity contribution in [3.63, 3.8) is 0 Å². The number of carbonyl (C=O) groups excluding carboxylic acids is 3. The lowest BCUT2D eigenvalue weighted by Gasteiger charge is -2.14. The zero-order chi connectivity index (χ0) is 19.8. The number of nitrogens with one attached hydrogen (secondary N) is 1. The zero-order valence-corrected chi connectivity index (χ0v) is 15.7. The van der Waals surface area contributed by atoms with E-state index in [1.165, 1.54) is 25.1 Å². The highest BCUT2D eigenvalue weighted by atomic mass is 35.5.